The van der Waals surface area contributed by atoms with Crippen LogP contribution in [-0.2, 0) is 0 Å². The molecule has 11 heteroatoms. The molecule has 2 aromatic heterocycles. The first kappa shape index (κ1) is 19.2. The Kier molecular flexibility index (Phi) is 6.12. The van der Waals surface area contributed by atoms with E-state index in [-0.39, 0.29) is 30.5 Å². The molecule has 28 heavy (non-hydrogen) atoms. The number of hydrogen-bond donors (Lipinski definition) is 2. The third-order valence-electron chi connectivity index (χ3n) is 3.51. The second-order valence-electron chi connectivity index (χ2n) is 5.37. The number of amides is 2. The normalized spacial score (nSPS) is 10.4. The van der Waals surface area contributed by atoms with Crippen molar-refractivity contribution >= 4 is 23.4 Å². The van der Waals surface area contributed by atoms with E-state index < -0.39 is 11.8 Å². The third-order valence-corrected chi connectivity index (χ3v) is 3.75. The number of carbonyl (C=O) groups is 2. The Hall–Kier alpha value is -3.53. The van der Waals surface area contributed by atoms with Crippen LogP contribution in [0.15, 0.2) is 41.3 Å². The van der Waals surface area contributed by atoms with Crippen LogP contribution in [0, 0.1) is 0 Å². The molecular weight excluding hydrogens is 388 g/mol. The van der Waals surface area contributed by atoms with Gasteiger partial charge in [0.1, 0.15) is 11.4 Å². The highest BCUT2D eigenvalue weighted by Crippen LogP contribution is 2.30. The van der Waals surface area contributed by atoms with Crippen LogP contribution in [0.25, 0.3) is 11.4 Å². The van der Waals surface area contributed by atoms with Crippen LogP contribution in [0.5, 0.6) is 5.75 Å². The summed E-state index contributed by atoms with van der Waals surface area (Å²) in [6.07, 6.45) is 4.23. The summed E-state index contributed by atoms with van der Waals surface area (Å²) >= 11 is 5.98. The molecule has 0 aliphatic carbocycles. The molecule has 0 spiro atoms. The lowest BCUT2D eigenvalue weighted by Gasteiger charge is -2.05. The zero-order chi connectivity index (χ0) is 19.9. The van der Waals surface area contributed by atoms with Gasteiger partial charge in [-0.05, 0) is 18.2 Å². The monoisotopic (exact) mass is 402 g/mol. The van der Waals surface area contributed by atoms with Crippen molar-refractivity contribution in [3.05, 3.63) is 53.4 Å². The SMILES string of the molecule is COc1ccc(Cl)cc1-c1noc(C(=O)NCCNC(=O)c2cnccn2)n1. The highest BCUT2D eigenvalue weighted by atomic mass is 35.5. The lowest BCUT2D eigenvalue weighted by molar-refractivity contribution is 0.0897. The smallest absolute Gasteiger partial charge is 0.316 e. The summed E-state index contributed by atoms with van der Waals surface area (Å²) in [6, 6.07) is 4.93. The Morgan fingerprint density at radius 1 is 1.18 bits per heavy atom. The molecule has 0 saturated carbocycles. The van der Waals surface area contributed by atoms with Gasteiger partial charge in [0, 0.05) is 30.5 Å². The molecule has 10 nitrogen and oxygen atoms in total. The number of hydrogen-bond acceptors (Lipinski definition) is 8. The van der Waals surface area contributed by atoms with Gasteiger partial charge >= 0.3 is 11.8 Å². The lowest BCUT2D eigenvalue weighted by Crippen LogP contribution is -2.35. The summed E-state index contributed by atoms with van der Waals surface area (Å²) in [4.78, 5) is 35.7. The maximum Gasteiger partial charge on any atom is 0.316 e. The number of nitrogens with one attached hydrogen (secondary N) is 2. The van der Waals surface area contributed by atoms with Crippen LogP contribution < -0.4 is 15.4 Å². The minimum atomic E-state index is -0.575. The zero-order valence-corrected chi connectivity index (χ0v) is 15.4. The predicted molar refractivity (Wildman–Crippen MR) is 98.0 cm³/mol. The van der Waals surface area contributed by atoms with Crippen molar-refractivity contribution in [1.29, 1.82) is 0 Å². The van der Waals surface area contributed by atoms with Crippen molar-refractivity contribution in [1.82, 2.24) is 30.7 Å². The molecule has 0 atom stereocenters. The molecule has 0 saturated heterocycles. The van der Waals surface area contributed by atoms with E-state index in [2.05, 4.69) is 30.7 Å². The summed E-state index contributed by atoms with van der Waals surface area (Å²) in [7, 11) is 1.50. The predicted octanol–water partition coefficient (Wildman–Crippen LogP) is 1.35. The number of halogens is 1. The van der Waals surface area contributed by atoms with Crippen LogP contribution in [0.2, 0.25) is 5.02 Å². The summed E-state index contributed by atoms with van der Waals surface area (Å²) in [5.41, 5.74) is 0.680. The van der Waals surface area contributed by atoms with E-state index in [1.165, 1.54) is 25.7 Å². The van der Waals surface area contributed by atoms with Gasteiger partial charge in [0.25, 0.3) is 5.91 Å². The number of nitrogens with zero attached hydrogens (tertiary/aromatic N) is 4. The number of carbonyl (C=O) groups excluding carboxylic acids is 2. The van der Waals surface area contributed by atoms with Crippen molar-refractivity contribution < 1.29 is 18.8 Å². The van der Waals surface area contributed by atoms with E-state index in [0.717, 1.165) is 0 Å². The number of rotatable bonds is 7. The number of benzene rings is 1. The summed E-state index contributed by atoms with van der Waals surface area (Å²) in [5.74, 6) is -0.536. The molecule has 0 unspecified atom stereocenters. The van der Waals surface area contributed by atoms with Gasteiger partial charge in [-0.3, -0.25) is 14.6 Å². The second-order valence-corrected chi connectivity index (χ2v) is 5.81. The molecular formula is C17H15ClN6O4. The van der Waals surface area contributed by atoms with E-state index in [9.17, 15) is 9.59 Å². The summed E-state index contributed by atoms with van der Waals surface area (Å²) < 4.78 is 10.2. The van der Waals surface area contributed by atoms with Gasteiger partial charge in [-0.2, -0.15) is 4.98 Å². The first-order chi connectivity index (χ1) is 13.6. The molecule has 0 aliphatic rings. The summed E-state index contributed by atoms with van der Waals surface area (Å²) in [6.45, 7) is 0.341. The second kappa shape index (κ2) is 8.91. The van der Waals surface area contributed by atoms with Gasteiger partial charge in [-0.25, -0.2) is 4.98 Å². The van der Waals surface area contributed by atoms with Crippen LogP contribution in [0.3, 0.4) is 0 Å². The Labute approximate surface area is 164 Å². The largest absolute Gasteiger partial charge is 0.496 e. The van der Waals surface area contributed by atoms with E-state index in [1.807, 2.05) is 0 Å². The molecule has 0 fully saturated rings. The first-order valence-electron chi connectivity index (χ1n) is 8.08. The van der Waals surface area contributed by atoms with E-state index in [1.54, 1.807) is 18.2 Å². The topological polar surface area (TPSA) is 132 Å². The van der Waals surface area contributed by atoms with Crippen LogP contribution in [-0.4, -0.2) is 52.1 Å². The fourth-order valence-corrected chi connectivity index (χ4v) is 2.39. The standard InChI is InChI=1S/C17H15ClN6O4/c1-27-13-3-2-10(18)8-11(13)14-23-17(28-24-14)16(26)22-7-6-21-15(25)12-9-19-4-5-20-12/h2-5,8-9H,6-7H2,1H3,(H,21,25)(H,22,26). The lowest BCUT2D eigenvalue weighted by atomic mass is 10.2. The summed E-state index contributed by atoms with van der Waals surface area (Å²) in [5, 5.41) is 9.42. The first-order valence-corrected chi connectivity index (χ1v) is 8.46. The highest BCUT2D eigenvalue weighted by molar-refractivity contribution is 6.30. The van der Waals surface area contributed by atoms with E-state index in [4.69, 9.17) is 20.9 Å². The van der Waals surface area contributed by atoms with Gasteiger partial charge in [-0.15, -0.1) is 0 Å². The van der Waals surface area contributed by atoms with Crippen molar-refractivity contribution in [2.75, 3.05) is 20.2 Å². The van der Waals surface area contributed by atoms with Crippen LogP contribution >= 0.6 is 11.6 Å². The third kappa shape index (κ3) is 4.60. The molecule has 1 aromatic carbocycles. The molecule has 2 amide bonds. The fraction of sp³-hybridized carbons (Fsp3) is 0.176. The minimum Gasteiger partial charge on any atom is -0.496 e. The van der Waals surface area contributed by atoms with Crippen LogP contribution in [0.1, 0.15) is 21.2 Å². The molecule has 144 valence electrons. The highest BCUT2D eigenvalue weighted by Gasteiger charge is 2.18. The fourth-order valence-electron chi connectivity index (χ4n) is 2.21. The van der Waals surface area contributed by atoms with E-state index >= 15 is 0 Å². The number of ether oxygens (including phenoxy) is 1. The van der Waals surface area contributed by atoms with Gasteiger partial charge in [0.2, 0.25) is 5.82 Å². The van der Waals surface area contributed by atoms with Crippen molar-refractivity contribution in [2.45, 2.75) is 0 Å². The maximum absolute atomic E-state index is 12.1. The molecule has 0 aliphatic heterocycles. The van der Waals surface area contributed by atoms with Gasteiger partial charge in [0.15, 0.2) is 0 Å². The molecule has 2 heterocycles. The zero-order valence-electron chi connectivity index (χ0n) is 14.7. The Morgan fingerprint density at radius 2 is 1.96 bits per heavy atom. The Balaban J connectivity index is 1.55. The van der Waals surface area contributed by atoms with Crippen molar-refractivity contribution in [3.63, 3.8) is 0 Å². The minimum absolute atomic E-state index is 0.156. The average Bonchev–Trinajstić information content (AvgIpc) is 3.21. The Morgan fingerprint density at radius 3 is 2.68 bits per heavy atom. The quantitative estimate of drug-likeness (QED) is 0.566. The molecule has 3 rings (SSSR count). The number of aromatic nitrogens is 4. The van der Waals surface area contributed by atoms with Crippen molar-refractivity contribution in [3.8, 4) is 17.1 Å². The van der Waals surface area contributed by atoms with Crippen molar-refractivity contribution in [2.24, 2.45) is 0 Å². The average molecular weight is 403 g/mol. The molecule has 3 aromatic rings. The van der Waals surface area contributed by atoms with Gasteiger partial charge in [-0.1, -0.05) is 16.8 Å². The Bertz CT molecular complexity index is 979. The van der Waals surface area contributed by atoms with Gasteiger partial charge in [0.05, 0.1) is 18.9 Å². The van der Waals surface area contributed by atoms with Gasteiger partial charge < -0.3 is 19.9 Å². The number of methoxy groups -OCH3 is 1. The maximum atomic E-state index is 12.1. The molecule has 0 radical (unpaired) electrons. The molecule has 0 bridgehead atoms. The van der Waals surface area contributed by atoms with Crippen LogP contribution in [0.4, 0.5) is 0 Å². The van der Waals surface area contributed by atoms with E-state index in [0.29, 0.717) is 16.3 Å². The molecule has 2 N–H and O–H groups in total.